The van der Waals surface area contributed by atoms with Gasteiger partial charge in [-0.15, -0.1) is 11.8 Å². The smallest absolute Gasteiger partial charge is 0.128 e. The number of nitriles is 1. The molecule has 1 saturated heterocycles. The van der Waals surface area contributed by atoms with E-state index >= 15 is 0 Å². The lowest BCUT2D eigenvalue weighted by Gasteiger charge is -2.32. The third-order valence-corrected chi connectivity index (χ3v) is 5.29. The van der Waals surface area contributed by atoms with Gasteiger partial charge in [0.15, 0.2) is 0 Å². The summed E-state index contributed by atoms with van der Waals surface area (Å²) in [5.41, 5.74) is 2.01. The van der Waals surface area contributed by atoms with Gasteiger partial charge in [-0.25, -0.2) is 9.97 Å². The molecule has 0 bridgehead atoms. The number of aromatic nitrogens is 2. The molecule has 0 spiro atoms. The molecule has 1 unspecified atom stereocenters. The number of thioether (sulfide) groups is 1. The Morgan fingerprint density at radius 1 is 1.32 bits per heavy atom. The van der Waals surface area contributed by atoms with Crippen LogP contribution in [0.1, 0.15) is 33.1 Å². The molecule has 3 heterocycles. The van der Waals surface area contributed by atoms with Crippen LogP contribution in [-0.2, 0) is 0 Å². The maximum Gasteiger partial charge on any atom is 0.128 e. The molecule has 0 aromatic carbocycles. The molecular formula is C20H24N4S. The van der Waals surface area contributed by atoms with Crippen LogP contribution in [0.4, 0.5) is 5.82 Å². The first-order valence-electron chi connectivity index (χ1n) is 8.87. The topological polar surface area (TPSA) is 52.8 Å². The number of nitrogens with zero attached hydrogens (tertiary/aromatic N) is 4. The second-order valence-electron chi connectivity index (χ2n) is 6.75. The normalized spacial score (nSPS) is 17.5. The molecule has 0 amide bonds. The molecule has 5 heteroatoms. The highest BCUT2D eigenvalue weighted by Gasteiger charge is 2.20. The van der Waals surface area contributed by atoms with Crippen molar-refractivity contribution in [2.75, 3.05) is 18.0 Å². The van der Waals surface area contributed by atoms with Crippen molar-refractivity contribution >= 4 is 17.6 Å². The lowest BCUT2D eigenvalue weighted by atomic mass is 9.95. The molecule has 0 saturated carbocycles. The molecule has 1 aliphatic rings. The summed E-state index contributed by atoms with van der Waals surface area (Å²) in [6.07, 6.45) is 4.83. The van der Waals surface area contributed by atoms with Crippen LogP contribution in [0.2, 0.25) is 0 Å². The van der Waals surface area contributed by atoms with E-state index in [4.69, 9.17) is 10.2 Å². The minimum absolute atomic E-state index is 0.464. The van der Waals surface area contributed by atoms with Gasteiger partial charge < -0.3 is 4.90 Å². The first-order valence-corrected chi connectivity index (χ1v) is 9.75. The average Bonchev–Trinajstić information content (AvgIpc) is 2.62. The zero-order valence-electron chi connectivity index (χ0n) is 14.9. The zero-order chi connectivity index (χ0) is 17.6. The maximum atomic E-state index is 8.92. The van der Waals surface area contributed by atoms with Crippen molar-refractivity contribution in [3.63, 3.8) is 0 Å². The van der Waals surface area contributed by atoms with Crippen LogP contribution in [0, 0.1) is 17.2 Å². The number of hydrogen-bond donors (Lipinski definition) is 0. The number of anilines is 1. The Morgan fingerprint density at radius 2 is 2.20 bits per heavy atom. The second-order valence-corrected chi connectivity index (χ2v) is 8.35. The van der Waals surface area contributed by atoms with Crippen LogP contribution < -0.4 is 4.90 Å². The standard InChI is InChI=1S/C20H24N4S/c1-15(2)25-20-7-3-6-18(23-20)17-8-9-19(22-13-17)24-12-4-5-16(14-24)10-11-21/h3,6-9,13,15-16H,4-5,10,12,14H2,1-2H3. The molecule has 1 fully saturated rings. The molecule has 0 aliphatic carbocycles. The summed E-state index contributed by atoms with van der Waals surface area (Å²) in [7, 11) is 0. The van der Waals surface area contributed by atoms with Crippen molar-refractivity contribution in [3.05, 3.63) is 36.5 Å². The summed E-state index contributed by atoms with van der Waals surface area (Å²) in [6, 6.07) is 12.6. The minimum atomic E-state index is 0.464. The van der Waals surface area contributed by atoms with Crippen molar-refractivity contribution in [2.45, 2.75) is 43.4 Å². The number of piperidine rings is 1. The first kappa shape index (κ1) is 17.8. The minimum Gasteiger partial charge on any atom is -0.356 e. The summed E-state index contributed by atoms with van der Waals surface area (Å²) < 4.78 is 0. The summed E-state index contributed by atoms with van der Waals surface area (Å²) in [5, 5.41) is 10.5. The summed E-state index contributed by atoms with van der Waals surface area (Å²) >= 11 is 1.77. The molecule has 1 atom stereocenters. The summed E-state index contributed by atoms with van der Waals surface area (Å²) in [5.74, 6) is 1.46. The Labute approximate surface area is 154 Å². The summed E-state index contributed by atoms with van der Waals surface area (Å²) in [4.78, 5) is 11.7. The van der Waals surface area contributed by atoms with Gasteiger partial charge in [-0.3, -0.25) is 0 Å². The van der Waals surface area contributed by atoms with Gasteiger partial charge in [-0.2, -0.15) is 5.26 Å². The molecular weight excluding hydrogens is 328 g/mol. The predicted molar refractivity (Wildman–Crippen MR) is 104 cm³/mol. The highest BCUT2D eigenvalue weighted by Crippen LogP contribution is 2.27. The van der Waals surface area contributed by atoms with E-state index in [9.17, 15) is 0 Å². The largest absolute Gasteiger partial charge is 0.356 e. The van der Waals surface area contributed by atoms with Gasteiger partial charge in [0.2, 0.25) is 0 Å². The molecule has 4 nitrogen and oxygen atoms in total. The Kier molecular flexibility index (Phi) is 5.93. The fourth-order valence-electron chi connectivity index (χ4n) is 3.18. The number of rotatable bonds is 5. The van der Waals surface area contributed by atoms with Crippen molar-refractivity contribution < 1.29 is 0 Å². The van der Waals surface area contributed by atoms with E-state index in [2.05, 4.69) is 54.1 Å². The van der Waals surface area contributed by atoms with E-state index in [0.717, 1.165) is 48.0 Å². The summed E-state index contributed by atoms with van der Waals surface area (Å²) in [6.45, 7) is 6.30. The maximum absolute atomic E-state index is 8.92. The third kappa shape index (κ3) is 4.73. The van der Waals surface area contributed by atoms with E-state index in [-0.39, 0.29) is 0 Å². The van der Waals surface area contributed by atoms with Crippen LogP contribution in [0.15, 0.2) is 41.6 Å². The number of pyridine rings is 2. The third-order valence-electron chi connectivity index (χ3n) is 4.35. The van der Waals surface area contributed by atoms with Gasteiger partial charge in [-0.1, -0.05) is 19.9 Å². The highest BCUT2D eigenvalue weighted by molar-refractivity contribution is 7.99. The molecule has 130 valence electrons. The lowest BCUT2D eigenvalue weighted by molar-refractivity contribution is 0.420. The van der Waals surface area contributed by atoms with Crippen LogP contribution >= 0.6 is 11.8 Å². The molecule has 2 aromatic heterocycles. The molecule has 2 aromatic rings. The lowest BCUT2D eigenvalue weighted by Crippen LogP contribution is -2.35. The number of hydrogen-bond acceptors (Lipinski definition) is 5. The fourth-order valence-corrected chi connectivity index (χ4v) is 3.97. The Bertz CT molecular complexity index is 736. The Morgan fingerprint density at radius 3 is 2.92 bits per heavy atom. The Balaban J connectivity index is 1.73. The van der Waals surface area contributed by atoms with Crippen molar-refractivity contribution in [1.29, 1.82) is 5.26 Å². The van der Waals surface area contributed by atoms with Crippen molar-refractivity contribution in [2.24, 2.45) is 5.92 Å². The zero-order valence-corrected chi connectivity index (χ0v) is 15.7. The monoisotopic (exact) mass is 352 g/mol. The van der Waals surface area contributed by atoms with Gasteiger partial charge in [0.05, 0.1) is 16.8 Å². The van der Waals surface area contributed by atoms with E-state index in [1.165, 1.54) is 0 Å². The van der Waals surface area contributed by atoms with E-state index in [1.54, 1.807) is 11.8 Å². The van der Waals surface area contributed by atoms with Gasteiger partial charge >= 0.3 is 0 Å². The van der Waals surface area contributed by atoms with E-state index in [0.29, 0.717) is 17.6 Å². The van der Waals surface area contributed by atoms with Crippen LogP contribution in [0.25, 0.3) is 11.3 Å². The van der Waals surface area contributed by atoms with Crippen molar-refractivity contribution in [3.8, 4) is 17.3 Å². The fraction of sp³-hybridized carbons (Fsp3) is 0.450. The van der Waals surface area contributed by atoms with Crippen LogP contribution in [-0.4, -0.2) is 28.3 Å². The Hall–Kier alpha value is -2.06. The van der Waals surface area contributed by atoms with Crippen LogP contribution in [0.5, 0.6) is 0 Å². The molecule has 0 N–H and O–H groups in total. The first-order chi connectivity index (χ1) is 12.2. The van der Waals surface area contributed by atoms with Gasteiger partial charge in [-0.05, 0) is 43.0 Å². The molecule has 0 radical (unpaired) electrons. The highest BCUT2D eigenvalue weighted by atomic mass is 32.2. The van der Waals surface area contributed by atoms with E-state index < -0.39 is 0 Å². The molecule has 3 rings (SSSR count). The SMILES string of the molecule is CC(C)Sc1cccc(-c2ccc(N3CCCC(CC#N)C3)nc2)n1. The quantitative estimate of drug-likeness (QED) is 0.725. The van der Waals surface area contributed by atoms with Crippen LogP contribution in [0.3, 0.4) is 0 Å². The second kappa shape index (κ2) is 8.35. The van der Waals surface area contributed by atoms with E-state index in [1.807, 2.05) is 12.3 Å². The van der Waals surface area contributed by atoms with Gasteiger partial charge in [0.1, 0.15) is 5.82 Å². The molecule has 25 heavy (non-hydrogen) atoms. The average molecular weight is 353 g/mol. The van der Waals surface area contributed by atoms with Gasteiger partial charge in [0, 0.05) is 36.5 Å². The predicted octanol–water partition coefficient (Wildman–Crippen LogP) is 4.77. The molecule has 1 aliphatic heterocycles. The van der Waals surface area contributed by atoms with Gasteiger partial charge in [0.25, 0.3) is 0 Å². The van der Waals surface area contributed by atoms with Crippen molar-refractivity contribution in [1.82, 2.24) is 9.97 Å².